The van der Waals surface area contributed by atoms with Crippen molar-refractivity contribution in [3.8, 4) is 0 Å². The van der Waals surface area contributed by atoms with Crippen molar-refractivity contribution in [3.63, 3.8) is 0 Å². The number of aryl methyl sites for hydroxylation is 1. The first kappa shape index (κ1) is 14.4. The van der Waals surface area contributed by atoms with Gasteiger partial charge in [0.15, 0.2) is 5.17 Å². The highest BCUT2D eigenvalue weighted by molar-refractivity contribution is 8.18. The van der Waals surface area contributed by atoms with Crippen molar-refractivity contribution in [2.45, 2.75) is 6.92 Å². The summed E-state index contributed by atoms with van der Waals surface area (Å²) in [5.74, 6) is -0.129. The molecule has 0 saturated carbocycles. The van der Waals surface area contributed by atoms with Gasteiger partial charge < -0.3 is 5.32 Å². The van der Waals surface area contributed by atoms with E-state index in [4.69, 9.17) is 11.6 Å². The summed E-state index contributed by atoms with van der Waals surface area (Å²) in [6.45, 7) is 2.01. The molecule has 3 nitrogen and oxygen atoms in total. The molecule has 1 aromatic carbocycles. The zero-order valence-corrected chi connectivity index (χ0v) is 13.5. The van der Waals surface area contributed by atoms with Crippen LogP contribution >= 0.6 is 34.7 Å². The van der Waals surface area contributed by atoms with E-state index in [1.165, 1.54) is 23.1 Å². The molecule has 2 aromatic rings. The van der Waals surface area contributed by atoms with E-state index < -0.39 is 0 Å². The Morgan fingerprint density at radius 1 is 1.29 bits per heavy atom. The summed E-state index contributed by atoms with van der Waals surface area (Å²) in [5.41, 5.74) is 1.97. The normalized spacial score (nSPS) is 18.5. The number of halogens is 1. The Morgan fingerprint density at radius 2 is 2.14 bits per heavy atom. The topological polar surface area (TPSA) is 41.5 Å². The summed E-state index contributed by atoms with van der Waals surface area (Å²) in [7, 11) is 0. The van der Waals surface area contributed by atoms with Crippen molar-refractivity contribution < 1.29 is 4.79 Å². The lowest BCUT2D eigenvalue weighted by molar-refractivity contribution is -0.115. The predicted octanol–water partition coefficient (Wildman–Crippen LogP) is 4.60. The van der Waals surface area contributed by atoms with Gasteiger partial charge in [-0.1, -0.05) is 23.7 Å². The predicted molar refractivity (Wildman–Crippen MR) is 91.3 cm³/mol. The second kappa shape index (κ2) is 6.05. The number of nitrogens with zero attached hydrogens (tertiary/aromatic N) is 1. The molecular weight excluding hydrogens is 324 g/mol. The number of hydrogen-bond donors (Lipinski definition) is 1. The molecule has 1 saturated heterocycles. The molecule has 0 spiro atoms. The lowest BCUT2D eigenvalue weighted by atomic mass is 10.2. The summed E-state index contributed by atoms with van der Waals surface area (Å²) >= 11 is 8.67. The van der Waals surface area contributed by atoms with Gasteiger partial charge in [0.1, 0.15) is 0 Å². The van der Waals surface area contributed by atoms with Crippen LogP contribution in [0.3, 0.4) is 0 Å². The smallest absolute Gasteiger partial charge is 0.264 e. The van der Waals surface area contributed by atoms with Crippen molar-refractivity contribution in [1.82, 2.24) is 5.32 Å². The average molecular weight is 335 g/mol. The van der Waals surface area contributed by atoms with Crippen LogP contribution in [0.2, 0.25) is 4.34 Å². The van der Waals surface area contributed by atoms with Gasteiger partial charge in [-0.05, 0) is 54.6 Å². The molecular formula is C15H11ClN2OS2. The number of amides is 1. The SMILES string of the molecule is Cc1cccc(N=C2NC(=O)/C(=C/c3ccc(Cl)s3)S2)c1. The number of amidine groups is 1. The van der Waals surface area contributed by atoms with Gasteiger partial charge in [0.05, 0.1) is 14.9 Å². The maximum Gasteiger partial charge on any atom is 0.264 e. The van der Waals surface area contributed by atoms with Crippen LogP contribution in [-0.4, -0.2) is 11.1 Å². The monoisotopic (exact) mass is 334 g/mol. The second-order valence-electron chi connectivity index (χ2n) is 4.46. The highest BCUT2D eigenvalue weighted by atomic mass is 35.5. The van der Waals surface area contributed by atoms with Gasteiger partial charge in [-0.15, -0.1) is 11.3 Å². The quantitative estimate of drug-likeness (QED) is 0.815. The van der Waals surface area contributed by atoms with Gasteiger partial charge in [0.2, 0.25) is 0 Å². The van der Waals surface area contributed by atoms with Gasteiger partial charge in [-0.3, -0.25) is 4.79 Å². The summed E-state index contributed by atoms with van der Waals surface area (Å²) in [6.07, 6.45) is 1.83. The fourth-order valence-electron chi connectivity index (χ4n) is 1.83. The number of aliphatic imine (C=N–C) groups is 1. The molecule has 106 valence electrons. The molecule has 0 bridgehead atoms. The van der Waals surface area contributed by atoms with Crippen LogP contribution in [0, 0.1) is 6.92 Å². The van der Waals surface area contributed by atoms with Gasteiger partial charge in [-0.25, -0.2) is 4.99 Å². The third kappa shape index (κ3) is 3.56. The lowest BCUT2D eigenvalue weighted by Crippen LogP contribution is -2.19. The van der Waals surface area contributed by atoms with Crippen LogP contribution in [0.1, 0.15) is 10.4 Å². The maximum atomic E-state index is 11.9. The number of thioether (sulfide) groups is 1. The first-order chi connectivity index (χ1) is 10.1. The number of thiophene rings is 1. The Kier molecular flexibility index (Phi) is 4.14. The highest BCUT2D eigenvalue weighted by Gasteiger charge is 2.23. The second-order valence-corrected chi connectivity index (χ2v) is 7.24. The number of nitrogens with one attached hydrogen (secondary N) is 1. The van der Waals surface area contributed by atoms with E-state index in [2.05, 4.69) is 10.3 Å². The van der Waals surface area contributed by atoms with Gasteiger partial charge in [0.25, 0.3) is 5.91 Å². The van der Waals surface area contributed by atoms with E-state index in [1.807, 2.05) is 49.4 Å². The Morgan fingerprint density at radius 3 is 2.86 bits per heavy atom. The number of carbonyl (C=O) groups excluding carboxylic acids is 1. The van der Waals surface area contributed by atoms with Gasteiger partial charge in [0, 0.05) is 4.88 Å². The molecule has 3 rings (SSSR count). The molecule has 1 aliphatic rings. The standard InChI is InChI=1S/C15H11ClN2OS2/c1-9-3-2-4-10(7-9)17-15-18-14(19)12(21-15)8-11-5-6-13(16)20-11/h2-8H,1H3,(H,17,18,19)/b12-8-. The van der Waals surface area contributed by atoms with Gasteiger partial charge in [-0.2, -0.15) is 0 Å². The molecule has 0 atom stereocenters. The van der Waals surface area contributed by atoms with Crippen LogP contribution in [0.25, 0.3) is 6.08 Å². The van der Waals surface area contributed by atoms with Crippen molar-refractivity contribution >= 4 is 57.5 Å². The molecule has 6 heteroatoms. The third-order valence-electron chi connectivity index (χ3n) is 2.75. The molecule has 1 amide bonds. The van der Waals surface area contributed by atoms with Crippen LogP contribution < -0.4 is 5.32 Å². The summed E-state index contributed by atoms with van der Waals surface area (Å²) in [5, 5.41) is 3.37. The highest BCUT2D eigenvalue weighted by Crippen LogP contribution is 2.31. The number of carbonyl (C=O) groups is 1. The first-order valence-electron chi connectivity index (χ1n) is 6.22. The zero-order valence-electron chi connectivity index (χ0n) is 11.1. The minimum atomic E-state index is -0.129. The van der Waals surface area contributed by atoms with Crippen LogP contribution in [0.5, 0.6) is 0 Å². The third-order valence-corrected chi connectivity index (χ3v) is 4.84. The Bertz CT molecular complexity index is 765. The fourth-order valence-corrected chi connectivity index (χ4v) is 3.74. The molecule has 1 aliphatic heterocycles. The van der Waals surface area contributed by atoms with E-state index in [9.17, 15) is 4.79 Å². The molecule has 21 heavy (non-hydrogen) atoms. The molecule has 0 radical (unpaired) electrons. The largest absolute Gasteiger partial charge is 0.300 e. The van der Waals surface area contributed by atoms with Crippen molar-refractivity contribution in [3.05, 3.63) is 56.1 Å². The number of rotatable bonds is 2. The lowest BCUT2D eigenvalue weighted by Gasteiger charge is -1.97. The van der Waals surface area contributed by atoms with Crippen molar-refractivity contribution in [2.24, 2.45) is 4.99 Å². The molecule has 0 unspecified atom stereocenters. The van der Waals surface area contributed by atoms with E-state index in [0.717, 1.165) is 16.1 Å². The minimum Gasteiger partial charge on any atom is -0.300 e. The van der Waals surface area contributed by atoms with E-state index in [1.54, 1.807) is 0 Å². The molecule has 1 aromatic heterocycles. The van der Waals surface area contributed by atoms with Crippen LogP contribution in [0.15, 0.2) is 46.3 Å². The average Bonchev–Trinajstić information content (AvgIpc) is 2.97. The summed E-state index contributed by atoms with van der Waals surface area (Å²) in [4.78, 5) is 18.0. The Labute approximate surface area is 135 Å². The van der Waals surface area contributed by atoms with E-state index in [0.29, 0.717) is 14.4 Å². The number of hydrogen-bond acceptors (Lipinski definition) is 4. The van der Waals surface area contributed by atoms with Gasteiger partial charge >= 0.3 is 0 Å². The van der Waals surface area contributed by atoms with E-state index >= 15 is 0 Å². The van der Waals surface area contributed by atoms with Crippen LogP contribution in [0.4, 0.5) is 5.69 Å². The fraction of sp³-hybridized carbons (Fsp3) is 0.0667. The van der Waals surface area contributed by atoms with Crippen molar-refractivity contribution in [1.29, 1.82) is 0 Å². The summed E-state index contributed by atoms with van der Waals surface area (Å²) in [6, 6.07) is 11.5. The zero-order chi connectivity index (χ0) is 14.8. The Balaban J connectivity index is 1.83. The molecule has 0 aliphatic carbocycles. The van der Waals surface area contributed by atoms with Crippen molar-refractivity contribution in [2.75, 3.05) is 0 Å². The molecule has 2 heterocycles. The van der Waals surface area contributed by atoms with Crippen LogP contribution in [-0.2, 0) is 4.79 Å². The minimum absolute atomic E-state index is 0.129. The first-order valence-corrected chi connectivity index (χ1v) is 8.23. The maximum absolute atomic E-state index is 11.9. The number of benzene rings is 1. The Hall–Kier alpha value is -1.56. The molecule has 1 fully saturated rings. The summed E-state index contributed by atoms with van der Waals surface area (Å²) < 4.78 is 0.707. The molecule has 1 N–H and O–H groups in total. The van der Waals surface area contributed by atoms with E-state index in [-0.39, 0.29) is 5.91 Å².